The number of rotatable bonds is 2. The number of nitrogens with two attached hydrogens (primary N) is 2. The van der Waals surface area contributed by atoms with Gasteiger partial charge in [-0.3, -0.25) is 9.78 Å². The van der Waals surface area contributed by atoms with Gasteiger partial charge in [-0.05, 0) is 0 Å². The molecule has 4 aromatic rings. The van der Waals surface area contributed by atoms with Crippen LogP contribution in [-0.2, 0) is 0 Å². The van der Waals surface area contributed by atoms with Crippen molar-refractivity contribution in [2.45, 2.75) is 0 Å². The number of fused-ring (bicyclic) bond motifs is 2. The van der Waals surface area contributed by atoms with Crippen molar-refractivity contribution in [1.29, 1.82) is 0 Å². The predicted molar refractivity (Wildman–Crippen MR) is 104 cm³/mol. The number of carboxylic acids is 1. The Morgan fingerprint density at radius 2 is 1.44 bits per heavy atom. The number of hydrogen-bond donors (Lipinski definition) is 6. The van der Waals surface area contributed by atoms with Crippen molar-refractivity contribution < 1.29 is 128 Å². The molecule has 0 spiro atoms. The Morgan fingerprint density at radius 3 is 2.03 bits per heavy atom. The van der Waals surface area contributed by atoms with Gasteiger partial charge in [0.1, 0.15) is 11.5 Å². The molecule has 0 aliphatic rings. The number of aliphatic hydroxyl groups is 1. The second-order valence-corrected chi connectivity index (χ2v) is 5.56. The molecular formula is C15H11K2N10O7-. The summed E-state index contributed by atoms with van der Waals surface area (Å²) >= 11 is 0. The maximum atomic E-state index is 11.4. The van der Waals surface area contributed by atoms with Gasteiger partial charge in [0.15, 0.2) is 34.1 Å². The summed E-state index contributed by atoms with van der Waals surface area (Å²) in [5.41, 5.74) is 8.24. The van der Waals surface area contributed by atoms with Crippen LogP contribution in [0.1, 0.15) is 16.2 Å². The molecule has 0 bridgehead atoms. The molecule has 4 heterocycles. The van der Waals surface area contributed by atoms with Gasteiger partial charge in [0.25, 0.3) is 5.56 Å². The second-order valence-electron chi connectivity index (χ2n) is 5.56. The van der Waals surface area contributed by atoms with Crippen LogP contribution in [0.4, 0.5) is 11.6 Å². The van der Waals surface area contributed by atoms with E-state index >= 15 is 0 Å². The summed E-state index contributed by atoms with van der Waals surface area (Å²) in [6.45, 7) is 3.17. The number of nitrogens with one attached hydrogen (secondary N) is 2. The normalized spacial score (nSPS) is 9.53. The van der Waals surface area contributed by atoms with E-state index < -0.39 is 34.6 Å². The molecular weight excluding hydrogens is 510 g/mol. The van der Waals surface area contributed by atoms with Crippen LogP contribution in [0.5, 0.6) is 6.01 Å². The van der Waals surface area contributed by atoms with Crippen LogP contribution in [0.15, 0.2) is 16.2 Å². The molecule has 19 heteroatoms. The predicted octanol–water partition coefficient (Wildman–Crippen LogP) is -8.48. The van der Waals surface area contributed by atoms with Gasteiger partial charge in [0.05, 0.1) is 17.2 Å². The molecule has 0 saturated carbocycles. The number of aromatic amines is 2. The number of hydrogen-bond acceptors (Lipinski definition) is 14. The van der Waals surface area contributed by atoms with Crippen molar-refractivity contribution in [3.8, 4) is 6.01 Å². The van der Waals surface area contributed by atoms with Gasteiger partial charge in [0, 0.05) is 6.33 Å². The maximum absolute atomic E-state index is 11.4. The molecule has 0 fully saturated rings. The number of aromatic carboxylic acids is 1. The third-order valence-corrected chi connectivity index (χ3v) is 3.47. The van der Waals surface area contributed by atoms with E-state index in [1.165, 1.54) is 0 Å². The topological polar surface area (TPSA) is 306 Å². The van der Waals surface area contributed by atoms with Crippen molar-refractivity contribution in [2.75, 3.05) is 11.5 Å². The van der Waals surface area contributed by atoms with E-state index in [0.29, 0.717) is 0 Å². The molecule has 0 atom stereocenters. The van der Waals surface area contributed by atoms with Crippen LogP contribution in [0.3, 0.4) is 0 Å². The Morgan fingerprint density at radius 1 is 0.912 bits per heavy atom. The monoisotopic (exact) mass is 521 g/mol. The average molecular weight is 522 g/mol. The first-order valence-electron chi connectivity index (χ1n) is 7.88. The third-order valence-electron chi connectivity index (χ3n) is 3.47. The van der Waals surface area contributed by atoms with Crippen molar-refractivity contribution >= 4 is 45.7 Å². The molecule has 4 aromatic heterocycles. The zero-order valence-electron chi connectivity index (χ0n) is 17.5. The van der Waals surface area contributed by atoms with Gasteiger partial charge in [-0.2, -0.15) is 0 Å². The number of nitrogens with zero attached hydrogens (tertiary/aromatic N) is 6. The van der Waals surface area contributed by atoms with E-state index in [1.54, 1.807) is 0 Å². The number of aliphatic hydroxyl groups excluding tert-OH is 1. The molecule has 0 saturated heterocycles. The quantitative estimate of drug-likeness (QED) is 0.0617. The van der Waals surface area contributed by atoms with E-state index in [-0.39, 0.29) is 148 Å². The molecule has 0 amide bonds. The van der Waals surface area contributed by atoms with Crippen LogP contribution < -0.4 is 130 Å². The average Bonchev–Trinajstić information content (AvgIpc) is 2.69. The van der Waals surface area contributed by atoms with Crippen LogP contribution >= 0.6 is 0 Å². The van der Waals surface area contributed by atoms with Gasteiger partial charge in [-0.15, -0.1) is 0 Å². The zero-order valence-corrected chi connectivity index (χ0v) is 23.8. The molecule has 0 unspecified atom stereocenters. The summed E-state index contributed by atoms with van der Waals surface area (Å²) in [6.07, 6.45) is 2.21. The van der Waals surface area contributed by atoms with Crippen LogP contribution in [-0.4, -0.2) is 61.5 Å². The summed E-state index contributed by atoms with van der Waals surface area (Å²) in [4.78, 5) is 59.1. The first-order valence-corrected chi connectivity index (χ1v) is 7.88. The number of H-pyrrole nitrogens is 2. The third kappa shape index (κ3) is 7.05. The fourth-order valence-electron chi connectivity index (χ4n) is 2.18. The van der Waals surface area contributed by atoms with Crippen LogP contribution in [0, 0.1) is 6.33 Å². The van der Waals surface area contributed by atoms with Gasteiger partial charge in [-0.25, -0.2) is 24.7 Å². The van der Waals surface area contributed by atoms with Crippen molar-refractivity contribution in [2.24, 2.45) is 0 Å². The standard InChI is InChI=1S/C8H3N6O3.C7H8N4O3.2K.H2O/c15-6-2-4(9-1-10-6)11-3-5(12-2)13-8(17)14-7(3)16;1-2(12)3-5(8)11-4(7(13)14)6(9)10-3;;;/h(H,9,10,11,15)(H2,12,13,14,16,17);12H,1H2,(H2,8,11)(H2,9,10)(H,13,14);;;1H2/q-1;;2*+1;/p-2. The summed E-state index contributed by atoms with van der Waals surface area (Å²) in [6, 6.07) is -0.844. The Balaban J connectivity index is 0.000000600. The van der Waals surface area contributed by atoms with Crippen LogP contribution in [0.25, 0.3) is 28.1 Å². The van der Waals surface area contributed by atoms with E-state index in [4.69, 9.17) is 21.7 Å². The SMILES string of the molecule is C=C(O)c1nc(N)c(C(=O)O)nc1N.O=c1[nH][c-]nc2nc3c(=O)[nH]c([O-])nc3nc12.[K+].[K+].[OH-]. The van der Waals surface area contributed by atoms with Gasteiger partial charge < -0.3 is 52.0 Å². The van der Waals surface area contributed by atoms with Crippen LogP contribution in [0.2, 0.25) is 0 Å². The number of anilines is 2. The first-order chi connectivity index (χ1) is 14.6. The summed E-state index contributed by atoms with van der Waals surface area (Å²) in [7, 11) is 0. The maximum Gasteiger partial charge on any atom is 1.00 e. The summed E-state index contributed by atoms with van der Waals surface area (Å²) in [5, 5.41) is 28.6. The molecule has 166 valence electrons. The van der Waals surface area contributed by atoms with Gasteiger partial charge >= 0.3 is 109 Å². The fourth-order valence-corrected chi connectivity index (χ4v) is 2.18. The zero-order chi connectivity index (χ0) is 22.9. The second kappa shape index (κ2) is 13.2. The molecule has 9 N–H and O–H groups in total. The summed E-state index contributed by atoms with van der Waals surface area (Å²) < 4.78 is 0. The molecule has 4 rings (SSSR count). The van der Waals surface area contributed by atoms with E-state index in [0.717, 1.165) is 0 Å². The fraction of sp³-hybridized carbons (Fsp3) is 0. The molecule has 0 radical (unpaired) electrons. The number of carboxylic acid groups (broad SMARTS) is 1. The molecule has 0 aromatic carbocycles. The minimum absolute atomic E-state index is 0. The van der Waals surface area contributed by atoms with Gasteiger partial charge in [0.2, 0.25) is 0 Å². The molecule has 0 aliphatic heterocycles. The summed E-state index contributed by atoms with van der Waals surface area (Å²) in [5.74, 6) is -2.31. The minimum atomic E-state index is -1.34. The molecule has 17 nitrogen and oxygen atoms in total. The minimum Gasteiger partial charge on any atom is -0.870 e. The number of nitrogen functional groups attached to an aromatic ring is 2. The number of aromatic nitrogens is 8. The van der Waals surface area contributed by atoms with Crippen molar-refractivity contribution in [3.05, 3.63) is 45.0 Å². The molecule has 34 heavy (non-hydrogen) atoms. The Labute approximate surface area is 272 Å². The Kier molecular flexibility index (Phi) is 12.5. The first kappa shape index (κ1) is 32.1. The smallest absolute Gasteiger partial charge is 0.870 e. The van der Waals surface area contributed by atoms with E-state index in [9.17, 15) is 19.5 Å². The largest absolute Gasteiger partial charge is 1.00 e. The Bertz CT molecular complexity index is 1450. The van der Waals surface area contributed by atoms with Crippen molar-refractivity contribution in [3.63, 3.8) is 0 Å². The van der Waals surface area contributed by atoms with Crippen molar-refractivity contribution in [1.82, 2.24) is 39.9 Å². The molecule has 0 aliphatic carbocycles. The number of carbonyl (C=O) groups is 1. The Hall–Kier alpha value is -1.92. The van der Waals surface area contributed by atoms with E-state index in [1.807, 2.05) is 4.98 Å². The van der Waals surface area contributed by atoms with E-state index in [2.05, 4.69) is 47.8 Å². The van der Waals surface area contributed by atoms with Gasteiger partial charge in [-0.1, -0.05) is 6.58 Å².